The van der Waals surface area contributed by atoms with Crippen molar-refractivity contribution in [3.05, 3.63) is 51.7 Å². The first-order chi connectivity index (χ1) is 14.9. The van der Waals surface area contributed by atoms with Gasteiger partial charge in [0, 0.05) is 32.1 Å². The Balaban J connectivity index is 1.47. The lowest BCUT2D eigenvalue weighted by atomic mass is 10.1. The fraction of sp³-hybridized carbons (Fsp3) is 0.435. The number of amides is 1. The lowest BCUT2D eigenvalue weighted by molar-refractivity contribution is -0.132. The molecule has 8 heteroatoms. The normalized spacial score (nSPS) is 17.3. The number of piperazine rings is 1. The van der Waals surface area contributed by atoms with Crippen LogP contribution in [-0.2, 0) is 17.9 Å². The van der Waals surface area contributed by atoms with E-state index in [4.69, 9.17) is 11.2 Å². The van der Waals surface area contributed by atoms with Gasteiger partial charge in [0.05, 0.1) is 18.2 Å². The van der Waals surface area contributed by atoms with Crippen molar-refractivity contribution in [3.63, 3.8) is 0 Å². The average molecular weight is 424 g/mol. The molecule has 1 fully saturated rings. The highest BCUT2D eigenvalue weighted by Crippen LogP contribution is 2.29. The maximum atomic E-state index is 13.6. The summed E-state index contributed by atoms with van der Waals surface area (Å²) in [6.07, 6.45) is 5.84. The van der Waals surface area contributed by atoms with E-state index in [-0.39, 0.29) is 35.7 Å². The highest BCUT2D eigenvalue weighted by Gasteiger charge is 2.37. The largest absolute Gasteiger partial charge is 0.473 e. The van der Waals surface area contributed by atoms with Crippen LogP contribution in [-0.4, -0.2) is 46.0 Å². The molecule has 0 N–H and O–H groups in total. The maximum Gasteiger partial charge on any atom is 0.352 e. The van der Waals surface area contributed by atoms with Gasteiger partial charge in [0.1, 0.15) is 18.2 Å². The Morgan fingerprint density at radius 1 is 1.32 bits per heavy atom. The van der Waals surface area contributed by atoms with Crippen molar-refractivity contribution < 1.29 is 13.9 Å². The molecule has 1 atom stereocenters. The van der Waals surface area contributed by atoms with Gasteiger partial charge >= 0.3 is 5.69 Å². The number of aromatic nitrogens is 2. The summed E-state index contributed by atoms with van der Waals surface area (Å²) in [4.78, 5) is 33.1. The zero-order valence-corrected chi connectivity index (χ0v) is 17.7. The van der Waals surface area contributed by atoms with Crippen LogP contribution in [0, 0.1) is 24.1 Å². The van der Waals surface area contributed by atoms with E-state index < -0.39 is 5.82 Å². The van der Waals surface area contributed by atoms with E-state index in [1.165, 1.54) is 6.07 Å². The summed E-state index contributed by atoms with van der Waals surface area (Å²) in [5.41, 5.74) is 0.466. The molecule has 1 aromatic carbocycles. The molecule has 4 rings (SSSR count). The van der Waals surface area contributed by atoms with Gasteiger partial charge in [-0.15, -0.1) is 6.42 Å². The highest BCUT2D eigenvalue weighted by atomic mass is 19.1. The number of hydrogen-bond acceptors (Lipinski definition) is 5. The Morgan fingerprint density at radius 2 is 2.13 bits per heavy atom. The monoisotopic (exact) mass is 424 g/mol. The standard InChI is InChI=1S/C23H25FN4O3/c1-4-17-10-16(5-6-19(17)24)14-31-20-11-21-27-8-7-26(22(29)9-15(2)3)12-18(27)13-28(21)23(30)25-20/h1,5-6,10-11,15,18H,7-9,12-14H2,2-3H3. The first kappa shape index (κ1) is 20.9. The van der Waals surface area contributed by atoms with Crippen LogP contribution in [0.1, 0.15) is 31.4 Å². The van der Waals surface area contributed by atoms with Crippen molar-refractivity contribution in [1.82, 2.24) is 14.5 Å². The van der Waals surface area contributed by atoms with Gasteiger partial charge in [-0.1, -0.05) is 25.8 Å². The van der Waals surface area contributed by atoms with Gasteiger partial charge in [0.15, 0.2) is 0 Å². The van der Waals surface area contributed by atoms with E-state index in [1.807, 2.05) is 18.7 Å². The van der Waals surface area contributed by atoms with Gasteiger partial charge in [0.2, 0.25) is 11.8 Å². The third-order valence-electron chi connectivity index (χ3n) is 5.64. The van der Waals surface area contributed by atoms with E-state index in [0.29, 0.717) is 44.1 Å². The molecular weight excluding hydrogens is 399 g/mol. The van der Waals surface area contributed by atoms with E-state index >= 15 is 0 Å². The van der Waals surface area contributed by atoms with Crippen LogP contribution in [0.15, 0.2) is 29.1 Å². The van der Waals surface area contributed by atoms with Gasteiger partial charge in [0.25, 0.3) is 0 Å². The maximum absolute atomic E-state index is 13.6. The number of ether oxygens (including phenoxy) is 1. The van der Waals surface area contributed by atoms with E-state index in [0.717, 1.165) is 5.82 Å². The molecule has 162 valence electrons. The van der Waals surface area contributed by atoms with Crippen molar-refractivity contribution in [1.29, 1.82) is 0 Å². The molecule has 3 heterocycles. The Kier molecular flexibility index (Phi) is 5.68. The molecule has 1 amide bonds. The van der Waals surface area contributed by atoms with Crippen molar-refractivity contribution in [2.24, 2.45) is 5.92 Å². The smallest absolute Gasteiger partial charge is 0.352 e. The number of nitrogens with zero attached hydrogens (tertiary/aromatic N) is 4. The number of terminal acetylenes is 1. The summed E-state index contributed by atoms with van der Waals surface area (Å²) in [6.45, 7) is 6.55. The number of halogens is 1. The molecule has 0 aliphatic carbocycles. The molecule has 2 aromatic rings. The molecular formula is C23H25FN4O3. The first-order valence-electron chi connectivity index (χ1n) is 10.4. The average Bonchev–Trinajstić information content (AvgIpc) is 3.11. The SMILES string of the molecule is C#Cc1cc(COc2cc3n(c(=O)n2)CC2CN(C(=O)CC(C)C)CCN32)ccc1F. The summed E-state index contributed by atoms with van der Waals surface area (Å²) in [6, 6.07) is 6.21. The second-order valence-corrected chi connectivity index (χ2v) is 8.38. The molecule has 1 unspecified atom stereocenters. The van der Waals surface area contributed by atoms with Crippen LogP contribution < -0.4 is 15.3 Å². The number of fused-ring (bicyclic) bond motifs is 3. The Bertz CT molecular complexity index is 1100. The minimum absolute atomic E-state index is 0.0462. The van der Waals surface area contributed by atoms with E-state index in [2.05, 4.69) is 15.8 Å². The molecule has 31 heavy (non-hydrogen) atoms. The fourth-order valence-electron chi connectivity index (χ4n) is 4.12. The zero-order valence-electron chi connectivity index (χ0n) is 17.7. The van der Waals surface area contributed by atoms with Crippen molar-refractivity contribution in [2.45, 2.75) is 39.5 Å². The van der Waals surface area contributed by atoms with Crippen LogP contribution in [0.4, 0.5) is 10.2 Å². The number of rotatable bonds is 5. The molecule has 2 aliphatic rings. The molecule has 0 radical (unpaired) electrons. The van der Waals surface area contributed by atoms with Crippen LogP contribution in [0.3, 0.4) is 0 Å². The van der Waals surface area contributed by atoms with Crippen LogP contribution in [0.5, 0.6) is 5.88 Å². The summed E-state index contributed by atoms with van der Waals surface area (Å²) < 4.78 is 20.9. The molecule has 1 aromatic heterocycles. The van der Waals surface area contributed by atoms with Crippen molar-refractivity contribution in [3.8, 4) is 18.2 Å². The lowest BCUT2D eigenvalue weighted by Gasteiger charge is -2.38. The molecule has 0 bridgehead atoms. The van der Waals surface area contributed by atoms with Gasteiger partial charge in [-0.05, 0) is 23.6 Å². The molecule has 7 nitrogen and oxygen atoms in total. The van der Waals surface area contributed by atoms with Crippen molar-refractivity contribution in [2.75, 3.05) is 24.5 Å². The number of carbonyl (C=O) groups is 1. The molecule has 0 saturated carbocycles. The van der Waals surface area contributed by atoms with E-state index in [1.54, 1.807) is 22.8 Å². The second kappa shape index (κ2) is 8.42. The molecule has 0 spiro atoms. The van der Waals surface area contributed by atoms with Gasteiger partial charge in [-0.2, -0.15) is 4.98 Å². The quantitative estimate of drug-likeness (QED) is 0.687. The number of benzene rings is 1. The predicted octanol–water partition coefficient (Wildman–Crippen LogP) is 2.02. The second-order valence-electron chi connectivity index (χ2n) is 8.38. The third kappa shape index (κ3) is 4.26. The lowest BCUT2D eigenvalue weighted by Crippen LogP contribution is -2.53. The summed E-state index contributed by atoms with van der Waals surface area (Å²) in [7, 11) is 0. The van der Waals surface area contributed by atoms with Crippen LogP contribution >= 0.6 is 0 Å². The Morgan fingerprint density at radius 3 is 2.87 bits per heavy atom. The number of anilines is 1. The zero-order chi connectivity index (χ0) is 22.1. The first-order valence-corrected chi connectivity index (χ1v) is 10.4. The third-order valence-corrected chi connectivity index (χ3v) is 5.64. The topological polar surface area (TPSA) is 67.7 Å². The number of carbonyl (C=O) groups excluding carboxylic acids is 1. The summed E-state index contributed by atoms with van der Waals surface area (Å²) >= 11 is 0. The van der Waals surface area contributed by atoms with Crippen molar-refractivity contribution >= 4 is 11.7 Å². The summed E-state index contributed by atoms with van der Waals surface area (Å²) in [5.74, 6) is 3.27. The highest BCUT2D eigenvalue weighted by molar-refractivity contribution is 5.77. The van der Waals surface area contributed by atoms with Gasteiger partial charge < -0.3 is 14.5 Å². The van der Waals surface area contributed by atoms with Crippen LogP contribution in [0.25, 0.3) is 0 Å². The molecule has 2 aliphatic heterocycles. The number of hydrogen-bond donors (Lipinski definition) is 0. The molecule has 1 saturated heterocycles. The van der Waals surface area contributed by atoms with Gasteiger partial charge in [-0.25, -0.2) is 9.18 Å². The van der Waals surface area contributed by atoms with Gasteiger partial charge in [-0.3, -0.25) is 9.36 Å². The predicted molar refractivity (Wildman–Crippen MR) is 114 cm³/mol. The summed E-state index contributed by atoms with van der Waals surface area (Å²) in [5, 5.41) is 0. The van der Waals surface area contributed by atoms with Crippen LogP contribution in [0.2, 0.25) is 0 Å². The Hall–Kier alpha value is -3.34. The minimum atomic E-state index is -0.461. The minimum Gasteiger partial charge on any atom is -0.473 e. The fourth-order valence-corrected chi connectivity index (χ4v) is 4.12. The Labute approximate surface area is 180 Å². The van der Waals surface area contributed by atoms with E-state index in [9.17, 15) is 14.0 Å².